The topological polar surface area (TPSA) is 35.0 Å². The Balaban J connectivity index is 1.36. The van der Waals surface area contributed by atoms with Gasteiger partial charge in [0.25, 0.3) is 0 Å². The smallest absolute Gasteiger partial charge is 0.119 e. The Kier molecular flexibility index (Phi) is 10.3. The summed E-state index contributed by atoms with van der Waals surface area (Å²) in [7, 11) is 0. The fourth-order valence-electron chi connectivity index (χ4n) is 4.79. The third-order valence-electron chi connectivity index (χ3n) is 6.83. The Bertz CT molecular complexity index is 718. The lowest BCUT2D eigenvalue weighted by molar-refractivity contribution is 0.248. The van der Waals surface area contributed by atoms with Crippen LogP contribution in [-0.2, 0) is 6.42 Å². The van der Waals surface area contributed by atoms with Crippen molar-refractivity contribution in [2.75, 3.05) is 6.61 Å². The van der Waals surface area contributed by atoms with E-state index in [1.54, 1.807) is 0 Å². The van der Waals surface area contributed by atoms with Crippen molar-refractivity contribution in [1.29, 1.82) is 0 Å². The molecule has 2 aromatic rings. The Morgan fingerprint density at radius 1 is 0.742 bits per heavy atom. The molecule has 1 aliphatic carbocycles. The molecule has 0 saturated heterocycles. The molecule has 3 nitrogen and oxygen atoms in total. The van der Waals surface area contributed by atoms with Crippen molar-refractivity contribution in [3.8, 4) is 17.0 Å². The summed E-state index contributed by atoms with van der Waals surface area (Å²) in [4.78, 5) is 0. The van der Waals surface area contributed by atoms with Gasteiger partial charge in [-0.15, -0.1) is 0 Å². The number of benzene rings is 1. The number of rotatable bonds is 13. The normalized spacial score (nSPS) is 18.8. The Hall–Kier alpha value is -1.90. The first-order valence-electron chi connectivity index (χ1n) is 12.8. The minimum Gasteiger partial charge on any atom is -0.494 e. The summed E-state index contributed by atoms with van der Waals surface area (Å²) >= 11 is 0. The van der Waals surface area contributed by atoms with Crippen LogP contribution in [-0.4, -0.2) is 16.8 Å². The van der Waals surface area contributed by atoms with Crippen LogP contribution in [0, 0.1) is 11.8 Å². The van der Waals surface area contributed by atoms with E-state index in [0.29, 0.717) is 0 Å². The van der Waals surface area contributed by atoms with E-state index in [1.165, 1.54) is 70.6 Å². The molecule has 3 rings (SSSR count). The highest BCUT2D eigenvalue weighted by atomic mass is 16.5. The molecule has 1 heterocycles. The lowest BCUT2D eigenvalue weighted by atomic mass is 9.78. The van der Waals surface area contributed by atoms with Crippen LogP contribution in [0.4, 0.5) is 0 Å². The molecule has 1 saturated carbocycles. The number of ether oxygens (including phenoxy) is 1. The van der Waals surface area contributed by atoms with Gasteiger partial charge in [-0.1, -0.05) is 78.1 Å². The second-order valence-electron chi connectivity index (χ2n) is 9.41. The van der Waals surface area contributed by atoms with Crippen molar-refractivity contribution in [3.05, 3.63) is 42.1 Å². The van der Waals surface area contributed by atoms with Crippen molar-refractivity contribution < 1.29 is 4.74 Å². The average molecular weight is 423 g/mol. The highest BCUT2D eigenvalue weighted by molar-refractivity contribution is 5.59. The zero-order valence-corrected chi connectivity index (χ0v) is 19.8. The van der Waals surface area contributed by atoms with Crippen molar-refractivity contribution >= 4 is 0 Å². The third-order valence-corrected chi connectivity index (χ3v) is 6.83. The first-order chi connectivity index (χ1) is 15.3. The van der Waals surface area contributed by atoms with Gasteiger partial charge in [0, 0.05) is 5.56 Å². The van der Waals surface area contributed by atoms with E-state index in [2.05, 4.69) is 48.3 Å². The summed E-state index contributed by atoms with van der Waals surface area (Å²) in [6, 6.07) is 12.4. The first kappa shape index (κ1) is 23.8. The molecule has 0 radical (unpaired) electrons. The van der Waals surface area contributed by atoms with E-state index >= 15 is 0 Å². The van der Waals surface area contributed by atoms with Gasteiger partial charge in [0.1, 0.15) is 5.75 Å². The van der Waals surface area contributed by atoms with Crippen LogP contribution < -0.4 is 4.74 Å². The van der Waals surface area contributed by atoms with Gasteiger partial charge in [0.2, 0.25) is 0 Å². The van der Waals surface area contributed by atoms with E-state index < -0.39 is 0 Å². The van der Waals surface area contributed by atoms with Crippen LogP contribution in [0.5, 0.6) is 5.75 Å². The van der Waals surface area contributed by atoms with Gasteiger partial charge in [-0.3, -0.25) is 0 Å². The maximum absolute atomic E-state index is 5.66. The zero-order valence-electron chi connectivity index (χ0n) is 19.8. The molecule has 1 aliphatic rings. The lowest BCUT2D eigenvalue weighted by Gasteiger charge is -2.28. The second kappa shape index (κ2) is 13.5. The Labute approximate surface area is 190 Å². The molecule has 0 aliphatic heterocycles. The van der Waals surface area contributed by atoms with E-state index in [-0.39, 0.29) is 0 Å². The van der Waals surface area contributed by atoms with Crippen molar-refractivity contribution in [2.24, 2.45) is 11.8 Å². The summed E-state index contributed by atoms with van der Waals surface area (Å²) in [6.45, 7) is 5.17. The summed E-state index contributed by atoms with van der Waals surface area (Å²) in [5.41, 5.74) is 3.16. The molecule has 0 atom stereocenters. The van der Waals surface area contributed by atoms with Crippen molar-refractivity contribution in [2.45, 2.75) is 97.3 Å². The number of hydrogen-bond acceptors (Lipinski definition) is 3. The predicted molar refractivity (Wildman–Crippen MR) is 130 cm³/mol. The summed E-state index contributed by atoms with van der Waals surface area (Å²) in [5.74, 6) is 2.80. The van der Waals surface area contributed by atoms with Crippen LogP contribution in [0.25, 0.3) is 11.3 Å². The van der Waals surface area contributed by atoms with Crippen LogP contribution in [0.15, 0.2) is 36.4 Å². The number of hydrogen-bond donors (Lipinski definition) is 0. The number of aryl methyl sites for hydroxylation is 1. The number of nitrogens with zero attached hydrogens (tertiary/aromatic N) is 2. The fourth-order valence-corrected chi connectivity index (χ4v) is 4.79. The summed E-state index contributed by atoms with van der Waals surface area (Å²) in [6.07, 6.45) is 17.6. The molecule has 3 heteroatoms. The van der Waals surface area contributed by atoms with E-state index in [1.807, 2.05) is 12.1 Å². The zero-order chi connectivity index (χ0) is 21.7. The molecule has 31 heavy (non-hydrogen) atoms. The van der Waals surface area contributed by atoms with Gasteiger partial charge < -0.3 is 4.74 Å². The molecule has 0 N–H and O–H groups in total. The highest BCUT2D eigenvalue weighted by Crippen LogP contribution is 2.34. The summed E-state index contributed by atoms with van der Waals surface area (Å²) < 4.78 is 5.66. The molecular weight excluding hydrogens is 380 g/mol. The molecular formula is C28H42N2O. The van der Waals surface area contributed by atoms with Crippen molar-refractivity contribution in [1.82, 2.24) is 10.2 Å². The lowest BCUT2D eigenvalue weighted by Crippen LogP contribution is -2.15. The molecule has 0 bridgehead atoms. The van der Waals surface area contributed by atoms with Gasteiger partial charge in [-0.2, -0.15) is 10.2 Å². The van der Waals surface area contributed by atoms with E-state index in [0.717, 1.165) is 54.0 Å². The monoisotopic (exact) mass is 422 g/mol. The SMILES string of the molecule is CCCCCCCC1CCC(CCc2ccc(-c3ccc(OCCC)cc3)nn2)CC1. The van der Waals surface area contributed by atoms with Crippen LogP contribution in [0.2, 0.25) is 0 Å². The van der Waals surface area contributed by atoms with Crippen LogP contribution in [0.1, 0.15) is 96.6 Å². The molecule has 0 spiro atoms. The maximum Gasteiger partial charge on any atom is 0.119 e. The Morgan fingerprint density at radius 3 is 2.10 bits per heavy atom. The molecule has 1 aromatic carbocycles. The van der Waals surface area contributed by atoms with Gasteiger partial charge >= 0.3 is 0 Å². The largest absolute Gasteiger partial charge is 0.494 e. The molecule has 1 fully saturated rings. The molecule has 0 unspecified atom stereocenters. The average Bonchev–Trinajstić information content (AvgIpc) is 2.83. The van der Waals surface area contributed by atoms with Crippen LogP contribution in [0.3, 0.4) is 0 Å². The number of aromatic nitrogens is 2. The van der Waals surface area contributed by atoms with Crippen molar-refractivity contribution in [3.63, 3.8) is 0 Å². The fraction of sp³-hybridized carbons (Fsp3) is 0.643. The molecule has 0 amide bonds. The van der Waals surface area contributed by atoms with Gasteiger partial charge in [-0.05, 0) is 67.5 Å². The minimum atomic E-state index is 0.758. The van der Waals surface area contributed by atoms with E-state index in [4.69, 9.17) is 4.74 Å². The predicted octanol–water partition coefficient (Wildman–Crippen LogP) is 8.03. The quantitative estimate of drug-likeness (QED) is 0.306. The van der Waals surface area contributed by atoms with Gasteiger partial charge in [0.15, 0.2) is 0 Å². The molecule has 1 aromatic heterocycles. The van der Waals surface area contributed by atoms with Crippen LogP contribution >= 0.6 is 0 Å². The third kappa shape index (κ3) is 8.27. The molecule has 170 valence electrons. The number of unbranched alkanes of at least 4 members (excludes halogenated alkanes) is 4. The maximum atomic E-state index is 5.66. The van der Waals surface area contributed by atoms with Gasteiger partial charge in [-0.25, -0.2) is 0 Å². The summed E-state index contributed by atoms with van der Waals surface area (Å²) in [5, 5.41) is 8.99. The minimum absolute atomic E-state index is 0.758. The van der Waals surface area contributed by atoms with E-state index in [9.17, 15) is 0 Å². The van der Waals surface area contributed by atoms with Gasteiger partial charge in [0.05, 0.1) is 18.0 Å². The Morgan fingerprint density at radius 2 is 1.45 bits per heavy atom. The second-order valence-corrected chi connectivity index (χ2v) is 9.41. The highest BCUT2D eigenvalue weighted by Gasteiger charge is 2.20. The standard InChI is InChI=1S/C28H42N2O/c1-3-5-6-7-8-9-23-10-12-24(13-11-23)14-17-26-18-21-28(30-29-26)25-15-19-27(20-16-25)31-22-4-2/h15-16,18-21,23-24H,3-14,17,22H2,1-2H3. The first-order valence-corrected chi connectivity index (χ1v) is 12.8.